The maximum absolute atomic E-state index is 12.2. The molecule has 0 N–H and O–H groups in total. The first-order valence-corrected chi connectivity index (χ1v) is 9.54. The Labute approximate surface area is 158 Å². The van der Waals surface area contributed by atoms with E-state index in [-0.39, 0.29) is 5.97 Å². The van der Waals surface area contributed by atoms with Crippen LogP contribution in [0.1, 0.15) is 70.2 Å². The average Bonchev–Trinajstić information content (AvgIpc) is 2.58. The largest absolute Gasteiger partial charge is 0.431 e. The number of nitrogens with zero attached hydrogens (tertiary/aromatic N) is 1. The van der Waals surface area contributed by atoms with E-state index < -0.39 is 0 Å². The first-order valence-electron chi connectivity index (χ1n) is 9.54. The number of carbonyl (C=O) groups excluding carboxylic acids is 1. The predicted molar refractivity (Wildman–Crippen MR) is 110 cm³/mol. The van der Waals surface area contributed by atoms with Gasteiger partial charge >= 0.3 is 5.97 Å². The molecule has 0 saturated carbocycles. The van der Waals surface area contributed by atoms with Crippen molar-refractivity contribution in [2.75, 3.05) is 19.0 Å². The molecule has 1 aliphatic rings. The molecule has 3 heteroatoms. The Kier molecular flexibility index (Phi) is 6.69. The molecule has 0 aliphatic heterocycles. The highest BCUT2D eigenvalue weighted by Gasteiger charge is 2.27. The summed E-state index contributed by atoms with van der Waals surface area (Å²) in [5, 5.41) is 0. The van der Waals surface area contributed by atoms with E-state index in [4.69, 9.17) is 4.74 Å². The predicted octanol–water partition coefficient (Wildman–Crippen LogP) is 6.12. The molecule has 0 atom stereocenters. The van der Waals surface area contributed by atoms with Gasteiger partial charge in [0.1, 0.15) is 0 Å². The highest BCUT2D eigenvalue weighted by molar-refractivity contribution is 5.90. The zero-order valence-corrected chi connectivity index (χ0v) is 17.2. The molecule has 0 saturated heterocycles. The topological polar surface area (TPSA) is 29.5 Å². The summed E-state index contributed by atoms with van der Waals surface area (Å²) in [6.07, 6.45) is 7.38. The Balaban J connectivity index is 1.92. The molecular weight excluding hydrogens is 322 g/mol. The van der Waals surface area contributed by atoms with Crippen molar-refractivity contribution in [3.63, 3.8) is 0 Å². The Bertz CT molecular complexity index is 693. The molecule has 142 valence electrons. The van der Waals surface area contributed by atoms with Crippen molar-refractivity contribution in [1.29, 1.82) is 0 Å². The van der Waals surface area contributed by atoms with E-state index in [2.05, 4.69) is 20.8 Å². The SMILES string of the molecule is CC1=C(CC/C(C)=C/OC(=O)c2ccc(N(C)C)cc2)C(C)(C)CCC1. The minimum Gasteiger partial charge on any atom is -0.431 e. The van der Waals surface area contributed by atoms with Gasteiger partial charge in [0.05, 0.1) is 11.8 Å². The summed E-state index contributed by atoms with van der Waals surface area (Å²) in [7, 11) is 3.95. The third-order valence-electron chi connectivity index (χ3n) is 5.44. The number of rotatable bonds is 6. The van der Waals surface area contributed by atoms with Crippen LogP contribution in [-0.4, -0.2) is 20.1 Å². The molecule has 0 amide bonds. The molecule has 0 heterocycles. The Morgan fingerprint density at radius 3 is 2.46 bits per heavy atom. The zero-order chi connectivity index (χ0) is 19.3. The van der Waals surface area contributed by atoms with E-state index in [0.717, 1.165) is 24.1 Å². The van der Waals surface area contributed by atoms with E-state index in [1.165, 1.54) is 19.3 Å². The lowest BCUT2D eigenvalue weighted by atomic mass is 9.71. The van der Waals surface area contributed by atoms with Gasteiger partial charge in [0, 0.05) is 19.8 Å². The lowest BCUT2D eigenvalue weighted by Gasteiger charge is -2.34. The number of carbonyl (C=O) groups is 1. The van der Waals surface area contributed by atoms with E-state index in [1.807, 2.05) is 38.1 Å². The van der Waals surface area contributed by atoms with Crippen molar-refractivity contribution in [3.05, 3.63) is 52.8 Å². The molecule has 1 aliphatic carbocycles. The fourth-order valence-electron chi connectivity index (χ4n) is 3.73. The first-order chi connectivity index (χ1) is 12.2. The van der Waals surface area contributed by atoms with Crippen LogP contribution in [-0.2, 0) is 4.74 Å². The second kappa shape index (κ2) is 8.57. The van der Waals surface area contributed by atoms with Crippen molar-refractivity contribution < 1.29 is 9.53 Å². The van der Waals surface area contributed by atoms with Crippen molar-refractivity contribution in [1.82, 2.24) is 0 Å². The minimum absolute atomic E-state index is 0.299. The van der Waals surface area contributed by atoms with Gasteiger partial charge in [0.2, 0.25) is 0 Å². The maximum atomic E-state index is 12.2. The van der Waals surface area contributed by atoms with Crippen LogP contribution in [0.4, 0.5) is 5.69 Å². The van der Waals surface area contributed by atoms with E-state index in [1.54, 1.807) is 29.5 Å². The quantitative estimate of drug-likeness (QED) is 0.350. The highest BCUT2D eigenvalue weighted by Crippen LogP contribution is 2.42. The molecule has 2 rings (SSSR count). The van der Waals surface area contributed by atoms with E-state index >= 15 is 0 Å². The summed E-state index contributed by atoms with van der Waals surface area (Å²) >= 11 is 0. The van der Waals surface area contributed by atoms with Crippen LogP contribution in [0.25, 0.3) is 0 Å². The Morgan fingerprint density at radius 1 is 1.23 bits per heavy atom. The standard InChI is InChI=1S/C23H33NO2/c1-17(9-14-21-18(2)8-7-15-23(21,3)4)16-26-22(25)19-10-12-20(13-11-19)24(5)6/h10-13,16H,7-9,14-15H2,1-6H3/b17-16+. The molecule has 0 fully saturated rings. The van der Waals surface area contributed by atoms with Gasteiger partial charge in [0.15, 0.2) is 0 Å². The number of anilines is 1. The molecule has 1 aromatic rings. The fourth-order valence-corrected chi connectivity index (χ4v) is 3.73. The molecule has 3 nitrogen and oxygen atoms in total. The van der Waals surface area contributed by atoms with Gasteiger partial charge in [-0.3, -0.25) is 0 Å². The second-order valence-electron chi connectivity index (χ2n) is 8.31. The summed E-state index contributed by atoms with van der Waals surface area (Å²) in [6.45, 7) is 9.00. The molecule has 0 radical (unpaired) electrons. The van der Waals surface area contributed by atoms with Gasteiger partial charge in [-0.15, -0.1) is 0 Å². The van der Waals surface area contributed by atoms with Gasteiger partial charge in [-0.25, -0.2) is 4.79 Å². The number of hydrogen-bond acceptors (Lipinski definition) is 3. The molecule has 1 aromatic carbocycles. The number of hydrogen-bond donors (Lipinski definition) is 0. The Morgan fingerprint density at radius 2 is 1.88 bits per heavy atom. The van der Waals surface area contributed by atoms with Crippen LogP contribution in [0.5, 0.6) is 0 Å². The van der Waals surface area contributed by atoms with Crippen molar-refractivity contribution in [3.8, 4) is 0 Å². The van der Waals surface area contributed by atoms with Crippen molar-refractivity contribution in [2.45, 2.75) is 59.8 Å². The van der Waals surface area contributed by atoms with Gasteiger partial charge in [0.25, 0.3) is 0 Å². The zero-order valence-electron chi connectivity index (χ0n) is 17.2. The molecule has 26 heavy (non-hydrogen) atoms. The lowest BCUT2D eigenvalue weighted by Crippen LogP contribution is -2.20. The van der Waals surface area contributed by atoms with E-state index in [9.17, 15) is 4.79 Å². The van der Waals surface area contributed by atoms with Gasteiger partial charge < -0.3 is 9.64 Å². The summed E-state index contributed by atoms with van der Waals surface area (Å²) in [4.78, 5) is 14.2. The minimum atomic E-state index is -0.303. The van der Waals surface area contributed by atoms with Gasteiger partial charge in [-0.1, -0.05) is 25.0 Å². The highest BCUT2D eigenvalue weighted by atomic mass is 16.5. The fraction of sp³-hybridized carbons (Fsp3) is 0.522. The smallest absolute Gasteiger partial charge is 0.342 e. The number of benzene rings is 1. The molecule has 0 bridgehead atoms. The van der Waals surface area contributed by atoms with Crippen molar-refractivity contribution >= 4 is 11.7 Å². The van der Waals surface area contributed by atoms with Crippen LogP contribution < -0.4 is 4.90 Å². The summed E-state index contributed by atoms with van der Waals surface area (Å²) in [5.41, 5.74) is 6.17. The Hall–Kier alpha value is -2.03. The number of ether oxygens (including phenoxy) is 1. The molecule has 0 unspecified atom stereocenters. The monoisotopic (exact) mass is 355 g/mol. The second-order valence-corrected chi connectivity index (χ2v) is 8.31. The first kappa shape index (κ1) is 20.3. The van der Waals surface area contributed by atoms with E-state index in [0.29, 0.717) is 11.0 Å². The van der Waals surface area contributed by atoms with Gasteiger partial charge in [-0.2, -0.15) is 0 Å². The van der Waals surface area contributed by atoms with Crippen LogP contribution in [0, 0.1) is 5.41 Å². The van der Waals surface area contributed by atoms with Crippen LogP contribution >= 0.6 is 0 Å². The normalized spacial score (nSPS) is 17.2. The summed E-state index contributed by atoms with van der Waals surface area (Å²) in [6, 6.07) is 7.46. The average molecular weight is 356 g/mol. The van der Waals surface area contributed by atoms with Crippen LogP contribution in [0.15, 0.2) is 47.2 Å². The lowest BCUT2D eigenvalue weighted by molar-refractivity contribution is 0.0660. The van der Waals surface area contributed by atoms with Crippen LogP contribution in [0.3, 0.4) is 0 Å². The number of allylic oxidation sites excluding steroid dienone is 3. The van der Waals surface area contributed by atoms with Crippen LogP contribution in [0.2, 0.25) is 0 Å². The molecular formula is C23H33NO2. The van der Waals surface area contributed by atoms with Gasteiger partial charge in [-0.05, 0) is 81.2 Å². The third kappa shape index (κ3) is 5.23. The summed E-state index contributed by atoms with van der Waals surface area (Å²) < 4.78 is 5.38. The molecule has 0 spiro atoms. The maximum Gasteiger partial charge on any atom is 0.342 e. The summed E-state index contributed by atoms with van der Waals surface area (Å²) in [5.74, 6) is -0.303. The van der Waals surface area contributed by atoms with Crippen molar-refractivity contribution in [2.24, 2.45) is 5.41 Å². The molecule has 0 aromatic heterocycles. The third-order valence-corrected chi connectivity index (χ3v) is 5.44. The number of esters is 1.